The van der Waals surface area contributed by atoms with Gasteiger partial charge in [0.15, 0.2) is 0 Å². The Morgan fingerprint density at radius 2 is 1.80 bits per heavy atom. The van der Waals surface area contributed by atoms with Crippen molar-refractivity contribution in [2.75, 3.05) is 6.54 Å². The van der Waals surface area contributed by atoms with Crippen molar-refractivity contribution in [2.45, 2.75) is 31.8 Å². The number of hydrogen-bond donors (Lipinski definition) is 1. The van der Waals surface area contributed by atoms with Gasteiger partial charge in [-0.25, -0.2) is 0 Å². The number of likely N-dealkylation sites (tertiary alicyclic amines) is 1. The molecule has 1 aliphatic heterocycles. The van der Waals surface area contributed by atoms with E-state index in [0.717, 1.165) is 16.5 Å². The Morgan fingerprint density at radius 1 is 1.08 bits per heavy atom. The smallest absolute Gasteiger partial charge is 0.242 e. The number of nitrogens with zero attached hydrogens (tertiary/aromatic N) is 1. The fraction of sp³-hybridized carbons (Fsp3) is 0.300. The average Bonchev–Trinajstić information content (AvgIpc) is 2.98. The molecule has 1 atom stereocenters. The maximum atomic E-state index is 12.5. The van der Waals surface area contributed by atoms with Crippen LogP contribution in [0.2, 0.25) is 0 Å². The molecule has 5 heteroatoms. The van der Waals surface area contributed by atoms with E-state index in [0.29, 0.717) is 25.9 Å². The van der Waals surface area contributed by atoms with Gasteiger partial charge in [-0.1, -0.05) is 58.4 Å². The molecule has 1 N–H and O–H groups in total. The van der Waals surface area contributed by atoms with Crippen LogP contribution in [0.25, 0.3) is 0 Å². The predicted octanol–water partition coefficient (Wildman–Crippen LogP) is 3.30. The minimum atomic E-state index is -0.369. The van der Waals surface area contributed by atoms with Gasteiger partial charge in [0.05, 0.1) is 0 Å². The summed E-state index contributed by atoms with van der Waals surface area (Å²) in [5, 5.41) is 2.98. The Balaban J connectivity index is 1.56. The highest BCUT2D eigenvalue weighted by molar-refractivity contribution is 9.10. The van der Waals surface area contributed by atoms with E-state index in [4.69, 9.17) is 0 Å². The fourth-order valence-corrected chi connectivity index (χ4v) is 3.35. The summed E-state index contributed by atoms with van der Waals surface area (Å²) in [6.07, 6.45) is 1.82. The lowest BCUT2D eigenvalue weighted by Crippen LogP contribution is -2.44. The van der Waals surface area contributed by atoms with Crippen LogP contribution in [0.4, 0.5) is 0 Å². The zero-order valence-corrected chi connectivity index (χ0v) is 15.5. The molecule has 130 valence electrons. The number of carbonyl (C=O) groups excluding carboxylic acids is 2. The highest BCUT2D eigenvalue weighted by Gasteiger charge is 2.35. The zero-order valence-electron chi connectivity index (χ0n) is 14.0. The molecule has 0 bridgehead atoms. The van der Waals surface area contributed by atoms with Gasteiger partial charge in [-0.05, 0) is 36.1 Å². The van der Waals surface area contributed by atoms with Crippen LogP contribution in [0, 0.1) is 0 Å². The summed E-state index contributed by atoms with van der Waals surface area (Å²) in [6, 6.07) is 17.5. The number of rotatable bonds is 6. The summed E-state index contributed by atoms with van der Waals surface area (Å²) < 4.78 is 0.999. The van der Waals surface area contributed by atoms with E-state index in [1.165, 1.54) is 5.56 Å². The van der Waals surface area contributed by atoms with Crippen LogP contribution in [-0.4, -0.2) is 29.3 Å². The highest BCUT2D eigenvalue weighted by atomic mass is 79.9. The van der Waals surface area contributed by atoms with E-state index >= 15 is 0 Å². The van der Waals surface area contributed by atoms with Gasteiger partial charge in [0.2, 0.25) is 11.8 Å². The van der Waals surface area contributed by atoms with Gasteiger partial charge < -0.3 is 10.2 Å². The first-order valence-corrected chi connectivity index (χ1v) is 9.28. The number of carbonyl (C=O) groups is 2. The normalized spacial score (nSPS) is 16.9. The third-order valence-corrected chi connectivity index (χ3v) is 4.98. The van der Waals surface area contributed by atoms with E-state index in [2.05, 4.69) is 21.2 Å². The summed E-state index contributed by atoms with van der Waals surface area (Å²) >= 11 is 3.41. The molecule has 2 aromatic carbocycles. The van der Waals surface area contributed by atoms with E-state index in [-0.39, 0.29) is 17.9 Å². The third-order valence-electron chi connectivity index (χ3n) is 4.45. The Kier molecular flexibility index (Phi) is 5.87. The van der Waals surface area contributed by atoms with E-state index in [1.807, 2.05) is 54.6 Å². The summed E-state index contributed by atoms with van der Waals surface area (Å²) in [7, 11) is 0. The zero-order chi connectivity index (χ0) is 17.6. The number of halogens is 1. The molecule has 0 aromatic heterocycles. The van der Waals surface area contributed by atoms with E-state index in [9.17, 15) is 9.59 Å². The first-order valence-electron chi connectivity index (χ1n) is 8.49. The molecule has 0 aliphatic carbocycles. The molecule has 4 nitrogen and oxygen atoms in total. The molecule has 0 unspecified atom stereocenters. The molecular weight excluding hydrogens is 380 g/mol. The van der Waals surface area contributed by atoms with Crippen LogP contribution in [0.3, 0.4) is 0 Å². The van der Waals surface area contributed by atoms with Gasteiger partial charge in [-0.2, -0.15) is 0 Å². The fourth-order valence-electron chi connectivity index (χ4n) is 3.08. The van der Waals surface area contributed by atoms with Crippen LogP contribution in [0.1, 0.15) is 24.0 Å². The first-order chi connectivity index (χ1) is 12.1. The Morgan fingerprint density at radius 3 is 2.52 bits per heavy atom. The maximum absolute atomic E-state index is 12.5. The molecule has 1 fully saturated rings. The second-order valence-corrected chi connectivity index (χ2v) is 7.14. The number of benzene rings is 2. The molecular formula is C20H21BrN2O2. The number of hydrogen-bond acceptors (Lipinski definition) is 2. The molecule has 2 aromatic rings. The Hall–Kier alpha value is -2.14. The van der Waals surface area contributed by atoms with Crippen molar-refractivity contribution in [1.82, 2.24) is 10.2 Å². The minimum Gasteiger partial charge on any atom is -0.354 e. The molecule has 0 radical (unpaired) electrons. The van der Waals surface area contributed by atoms with Crippen molar-refractivity contribution in [3.8, 4) is 0 Å². The second kappa shape index (κ2) is 8.30. The third kappa shape index (κ3) is 4.69. The Bertz CT molecular complexity index is 731. The van der Waals surface area contributed by atoms with Gasteiger partial charge in [0, 0.05) is 24.0 Å². The molecule has 1 saturated heterocycles. The van der Waals surface area contributed by atoms with Crippen LogP contribution in [0.5, 0.6) is 0 Å². The van der Waals surface area contributed by atoms with Gasteiger partial charge in [0.1, 0.15) is 6.04 Å². The van der Waals surface area contributed by atoms with Crippen LogP contribution in [-0.2, 0) is 22.6 Å². The maximum Gasteiger partial charge on any atom is 0.242 e. The molecule has 1 heterocycles. The summed E-state index contributed by atoms with van der Waals surface area (Å²) in [6.45, 7) is 1.06. The van der Waals surface area contributed by atoms with Crippen molar-refractivity contribution < 1.29 is 9.59 Å². The number of nitrogens with one attached hydrogen (secondary N) is 1. The first kappa shape index (κ1) is 17.7. The molecule has 2 amide bonds. The Labute approximate surface area is 156 Å². The topological polar surface area (TPSA) is 49.4 Å². The standard InChI is InChI=1S/C20H21BrN2O2/c21-17-8-6-16(7-9-17)14-23-18(10-11-19(23)24)20(25)22-13-12-15-4-2-1-3-5-15/h1-9,18H,10-14H2,(H,22,25)/t18-/m0/s1. The van der Waals surface area contributed by atoms with Crippen molar-refractivity contribution in [2.24, 2.45) is 0 Å². The van der Waals surface area contributed by atoms with Crippen molar-refractivity contribution >= 4 is 27.7 Å². The molecule has 25 heavy (non-hydrogen) atoms. The van der Waals surface area contributed by atoms with Crippen molar-refractivity contribution in [1.29, 1.82) is 0 Å². The highest BCUT2D eigenvalue weighted by Crippen LogP contribution is 2.22. The van der Waals surface area contributed by atoms with Crippen molar-refractivity contribution in [3.63, 3.8) is 0 Å². The summed E-state index contributed by atoms with van der Waals surface area (Å²) in [5.41, 5.74) is 2.22. The van der Waals surface area contributed by atoms with Gasteiger partial charge in [-0.15, -0.1) is 0 Å². The SMILES string of the molecule is O=C(NCCc1ccccc1)[C@@H]1CCC(=O)N1Cc1ccc(Br)cc1. The van der Waals surface area contributed by atoms with Gasteiger partial charge in [-0.3, -0.25) is 9.59 Å². The lowest BCUT2D eigenvalue weighted by molar-refractivity contribution is -0.135. The summed E-state index contributed by atoms with van der Waals surface area (Å²) in [5.74, 6) is -0.00924. The second-order valence-electron chi connectivity index (χ2n) is 6.23. The van der Waals surface area contributed by atoms with E-state index < -0.39 is 0 Å². The molecule has 0 saturated carbocycles. The monoisotopic (exact) mass is 400 g/mol. The minimum absolute atomic E-state index is 0.0473. The number of amides is 2. The predicted molar refractivity (Wildman–Crippen MR) is 101 cm³/mol. The average molecular weight is 401 g/mol. The van der Waals surface area contributed by atoms with Gasteiger partial charge in [0.25, 0.3) is 0 Å². The van der Waals surface area contributed by atoms with E-state index in [1.54, 1.807) is 4.90 Å². The van der Waals surface area contributed by atoms with Crippen molar-refractivity contribution in [3.05, 3.63) is 70.2 Å². The largest absolute Gasteiger partial charge is 0.354 e. The van der Waals surface area contributed by atoms with Crippen LogP contribution < -0.4 is 5.32 Å². The lowest BCUT2D eigenvalue weighted by Gasteiger charge is -2.24. The van der Waals surface area contributed by atoms with Gasteiger partial charge >= 0.3 is 0 Å². The molecule has 1 aliphatic rings. The van der Waals surface area contributed by atoms with Crippen LogP contribution >= 0.6 is 15.9 Å². The molecule has 3 rings (SSSR count). The lowest BCUT2D eigenvalue weighted by atomic mass is 10.1. The quantitative estimate of drug-likeness (QED) is 0.808. The van der Waals surface area contributed by atoms with Crippen LogP contribution in [0.15, 0.2) is 59.1 Å². The molecule has 0 spiro atoms. The summed E-state index contributed by atoms with van der Waals surface area (Å²) in [4.78, 5) is 26.4.